The summed E-state index contributed by atoms with van der Waals surface area (Å²) in [5.41, 5.74) is 2.39. The third kappa shape index (κ3) is 5.15. The average Bonchev–Trinajstić information content (AvgIpc) is 3.40. The topological polar surface area (TPSA) is 72.5 Å². The molecule has 2 aliphatic rings. The maximum absolute atomic E-state index is 12.8. The molecule has 0 radical (unpaired) electrons. The minimum atomic E-state index is 0.260. The first-order valence-corrected chi connectivity index (χ1v) is 11.6. The molecular formula is C24H35N5O. The van der Waals surface area contributed by atoms with Crippen LogP contribution in [0.2, 0.25) is 0 Å². The van der Waals surface area contributed by atoms with Crippen LogP contribution in [0.25, 0.3) is 10.9 Å². The lowest BCUT2D eigenvalue weighted by Crippen LogP contribution is -2.45. The van der Waals surface area contributed by atoms with E-state index in [9.17, 15) is 4.79 Å². The van der Waals surface area contributed by atoms with Gasteiger partial charge in [0, 0.05) is 55.8 Å². The van der Waals surface area contributed by atoms with Crippen molar-refractivity contribution in [3.8, 4) is 0 Å². The van der Waals surface area contributed by atoms with Crippen molar-refractivity contribution in [3.05, 3.63) is 36.0 Å². The molecule has 30 heavy (non-hydrogen) atoms. The van der Waals surface area contributed by atoms with Crippen LogP contribution in [0.15, 0.2) is 35.3 Å². The van der Waals surface area contributed by atoms with Crippen LogP contribution in [0.1, 0.15) is 51.1 Å². The van der Waals surface area contributed by atoms with Crippen molar-refractivity contribution in [3.63, 3.8) is 0 Å². The first-order chi connectivity index (χ1) is 14.7. The Morgan fingerprint density at radius 2 is 2.03 bits per heavy atom. The van der Waals surface area contributed by atoms with Crippen LogP contribution < -0.4 is 10.6 Å². The molecule has 1 aliphatic carbocycles. The van der Waals surface area contributed by atoms with Crippen LogP contribution in [-0.4, -0.2) is 54.0 Å². The third-order valence-electron chi connectivity index (χ3n) is 6.38. The molecule has 2 aromatic rings. The Balaban J connectivity index is 1.29. The molecule has 1 amide bonds. The molecule has 1 atom stereocenters. The van der Waals surface area contributed by atoms with E-state index in [1.165, 1.54) is 35.9 Å². The normalized spacial score (nSPS) is 20.6. The van der Waals surface area contributed by atoms with Crippen LogP contribution in [-0.2, 0) is 11.2 Å². The standard InChI is InChI=1S/C24H35N5O/c1-2-25-24(26-14-12-20-16-19-10-6-7-11-22(19)27-20)28-21-13-15-29(17-21)23(30)18-8-4-3-5-9-18/h6-7,10-11,16,18,21,27H,2-5,8-9,12-15,17H2,1H3,(H2,25,26,28). The number of aliphatic imine (C=N–C) groups is 1. The predicted molar refractivity (Wildman–Crippen MR) is 123 cm³/mol. The fraction of sp³-hybridized carbons (Fsp3) is 0.583. The zero-order chi connectivity index (χ0) is 20.8. The van der Waals surface area contributed by atoms with E-state index in [0.29, 0.717) is 5.91 Å². The second kappa shape index (κ2) is 10.0. The van der Waals surface area contributed by atoms with Gasteiger partial charge in [0.05, 0.1) is 0 Å². The number of nitrogens with one attached hydrogen (secondary N) is 3. The van der Waals surface area contributed by atoms with Crippen molar-refractivity contribution in [1.82, 2.24) is 20.5 Å². The zero-order valence-electron chi connectivity index (χ0n) is 18.1. The minimum absolute atomic E-state index is 0.260. The number of para-hydroxylation sites is 1. The summed E-state index contributed by atoms with van der Waals surface area (Å²) >= 11 is 0. The molecule has 0 bridgehead atoms. The number of rotatable bonds is 6. The van der Waals surface area contributed by atoms with Gasteiger partial charge in [0.2, 0.25) is 5.91 Å². The molecule has 1 saturated heterocycles. The highest BCUT2D eigenvalue weighted by Crippen LogP contribution is 2.26. The third-order valence-corrected chi connectivity index (χ3v) is 6.38. The highest BCUT2D eigenvalue weighted by atomic mass is 16.2. The predicted octanol–water partition coefficient (Wildman–Crippen LogP) is 3.45. The quantitative estimate of drug-likeness (QED) is 0.505. The van der Waals surface area contributed by atoms with Crippen molar-refractivity contribution in [2.24, 2.45) is 10.9 Å². The number of fused-ring (bicyclic) bond motifs is 1. The molecule has 1 unspecified atom stereocenters. The summed E-state index contributed by atoms with van der Waals surface area (Å²) in [7, 11) is 0. The molecular weight excluding hydrogens is 374 g/mol. The summed E-state index contributed by atoms with van der Waals surface area (Å²) in [6.45, 7) is 5.29. The van der Waals surface area contributed by atoms with Gasteiger partial charge in [-0.05, 0) is 43.7 Å². The molecule has 162 valence electrons. The molecule has 1 saturated carbocycles. The van der Waals surface area contributed by atoms with Crippen LogP contribution in [0.5, 0.6) is 0 Å². The van der Waals surface area contributed by atoms with Crippen molar-refractivity contribution >= 4 is 22.8 Å². The number of guanidine groups is 1. The van der Waals surface area contributed by atoms with Gasteiger partial charge in [-0.25, -0.2) is 0 Å². The Labute approximate surface area is 179 Å². The number of H-pyrrole nitrogens is 1. The van der Waals surface area contributed by atoms with Crippen LogP contribution >= 0.6 is 0 Å². The molecule has 2 fully saturated rings. The summed E-state index contributed by atoms with van der Waals surface area (Å²) in [5, 5.41) is 8.15. The van der Waals surface area contributed by atoms with Crippen molar-refractivity contribution in [1.29, 1.82) is 0 Å². The zero-order valence-corrected chi connectivity index (χ0v) is 18.1. The van der Waals surface area contributed by atoms with Gasteiger partial charge < -0.3 is 20.5 Å². The maximum atomic E-state index is 12.8. The van der Waals surface area contributed by atoms with Crippen molar-refractivity contribution in [2.75, 3.05) is 26.2 Å². The van der Waals surface area contributed by atoms with E-state index in [0.717, 1.165) is 57.8 Å². The Hall–Kier alpha value is -2.50. The van der Waals surface area contributed by atoms with Gasteiger partial charge >= 0.3 is 0 Å². The Morgan fingerprint density at radius 3 is 2.83 bits per heavy atom. The summed E-state index contributed by atoms with van der Waals surface area (Å²) in [6, 6.07) is 10.8. The number of carbonyl (C=O) groups excluding carboxylic acids is 1. The van der Waals surface area contributed by atoms with Gasteiger partial charge in [-0.1, -0.05) is 37.5 Å². The van der Waals surface area contributed by atoms with Gasteiger partial charge in [-0.15, -0.1) is 0 Å². The Kier molecular flexibility index (Phi) is 6.92. The molecule has 3 N–H and O–H groups in total. The maximum Gasteiger partial charge on any atom is 0.225 e. The highest BCUT2D eigenvalue weighted by molar-refractivity contribution is 5.82. The number of likely N-dealkylation sites (tertiary alicyclic amines) is 1. The molecule has 1 aromatic heterocycles. The van der Waals surface area contributed by atoms with E-state index in [-0.39, 0.29) is 12.0 Å². The smallest absolute Gasteiger partial charge is 0.225 e. The van der Waals surface area contributed by atoms with E-state index < -0.39 is 0 Å². The van der Waals surface area contributed by atoms with Gasteiger partial charge in [0.15, 0.2) is 5.96 Å². The average molecular weight is 410 g/mol. The highest BCUT2D eigenvalue weighted by Gasteiger charge is 2.31. The van der Waals surface area contributed by atoms with E-state index >= 15 is 0 Å². The SMILES string of the molecule is CCNC(=NCCc1cc2ccccc2[nH]1)NC1CCN(C(=O)C2CCCCC2)C1. The minimum Gasteiger partial charge on any atom is -0.358 e. The van der Waals surface area contributed by atoms with Crippen LogP contribution in [0, 0.1) is 5.92 Å². The largest absolute Gasteiger partial charge is 0.358 e. The lowest BCUT2D eigenvalue weighted by atomic mass is 9.88. The Bertz CT molecular complexity index is 834. The van der Waals surface area contributed by atoms with Gasteiger partial charge in [-0.2, -0.15) is 0 Å². The fourth-order valence-corrected chi connectivity index (χ4v) is 4.76. The Morgan fingerprint density at radius 1 is 1.20 bits per heavy atom. The molecule has 6 heteroatoms. The lowest BCUT2D eigenvalue weighted by Gasteiger charge is -2.26. The van der Waals surface area contributed by atoms with Crippen LogP contribution in [0.3, 0.4) is 0 Å². The van der Waals surface area contributed by atoms with E-state index in [1.807, 2.05) is 0 Å². The van der Waals surface area contributed by atoms with Crippen molar-refractivity contribution < 1.29 is 4.79 Å². The van der Waals surface area contributed by atoms with Gasteiger partial charge in [0.1, 0.15) is 0 Å². The number of aromatic nitrogens is 1. The fourth-order valence-electron chi connectivity index (χ4n) is 4.76. The first-order valence-electron chi connectivity index (χ1n) is 11.6. The van der Waals surface area contributed by atoms with E-state index in [1.54, 1.807) is 0 Å². The molecule has 4 rings (SSSR count). The number of carbonyl (C=O) groups is 1. The monoisotopic (exact) mass is 409 g/mol. The second-order valence-corrected chi connectivity index (χ2v) is 8.64. The summed E-state index contributed by atoms with van der Waals surface area (Å²) < 4.78 is 0. The molecule has 1 aromatic carbocycles. The van der Waals surface area contributed by atoms with Gasteiger partial charge in [-0.3, -0.25) is 9.79 Å². The summed E-state index contributed by atoms with van der Waals surface area (Å²) in [4.78, 5) is 23.1. The number of aromatic amines is 1. The number of hydrogen-bond acceptors (Lipinski definition) is 2. The number of amides is 1. The number of hydrogen-bond donors (Lipinski definition) is 3. The van der Waals surface area contributed by atoms with E-state index in [4.69, 9.17) is 4.99 Å². The van der Waals surface area contributed by atoms with Crippen molar-refractivity contribution in [2.45, 2.75) is 57.9 Å². The summed E-state index contributed by atoms with van der Waals surface area (Å²) in [5.74, 6) is 1.49. The first kappa shape index (κ1) is 20.8. The second-order valence-electron chi connectivity index (χ2n) is 8.64. The molecule has 0 spiro atoms. The molecule has 1 aliphatic heterocycles. The molecule has 2 heterocycles. The number of nitrogens with zero attached hydrogens (tertiary/aromatic N) is 2. The van der Waals surface area contributed by atoms with E-state index in [2.05, 4.69) is 57.8 Å². The number of benzene rings is 1. The van der Waals surface area contributed by atoms with Crippen LogP contribution in [0.4, 0.5) is 0 Å². The lowest BCUT2D eigenvalue weighted by molar-refractivity contribution is -0.135. The molecule has 6 nitrogen and oxygen atoms in total. The van der Waals surface area contributed by atoms with Gasteiger partial charge in [0.25, 0.3) is 0 Å². The summed E-state index contributed by atoms with van der Waals surface area (Å²) in [6.07, 6.45) is 7.72.